The lowest BCUT2D eigenvalue weighted by molar-refractivity contribution is -0.134. The molecule has 2 fully saturated rings. The quantitative estimate of drug-likeness (QED) is 0.878. The van der Waals surface area contributed by atoms with Gasteiger partial charge in [-0.3, -0.25) is 9.59 Å². The fourth-order valence-corrected chi connectivity index (χ4v) is 4.62. The van der Waals surface area contributed by atoms with Crippen LogP contribution in [0.5, 0.6) is 11.5 Å². The monoisotopic (exact) mass is 373 g/mol. The van der Waals surface area contributed by atoms with Crippen molar-refractivity contribution in [1.29, 1.82) is 0 Å². The minimum absolute atomic E-state index is 0.0113. The number of carbonyl (C=O) groups excluding carboxylic acids is 2. The molecule has 1 unspecified atom stereocenters. The number of hydrogen-bond donors (Lipinski definition) is 1. The highest BCUT2D eigenvalue weighted by atomic mass is 16.5. The normalized spacial score (nSPS) is 23.8. The Bertz CT molecular complexity index is 725. The molecule has 1 amide bonds. The number of ether oxygens (including phenoxy) is 2. The predicted molar refractivity (Wildman–Crippen MR) is 99.1 cm³/mol. The van der Waals surface area contributed by atoms with Gasteiger partial charge in [0, 0.05) is 12.6 Å². The lowest BCUT2D eigenvalue weighted by Gasteiger charge is -2.40. The molecule has 1 saturated carbocycles. The van der Waals surface area contributed by atoms with E-state index in [0.717, 1.165) is 38.5 Å². The molecule has 2 heterocycles. The van der Waals surface area contributed by atoms with Gasteiger partial charge in [-0.05, 0) is 50.7 Å². The molecule has 6 nitrogen and oxygen atoms in total. The van der Waals surface area contributed by atoms with E-state index in [1.807, 2.05) is 0 Å². The molecule has 1 aliphatic carbocycles. The summed E-state index contributed by atoms with van der Waals surface area (Å²) in [6.07, 6.45) is 7.41. The second-order valence-corrected chi connectivity index (χ2v) is 7.96. The molecule has 1 aromatic carbocycles. The zero-order valence-corrected chi connectivity index (χ0v) is 15.6. The molecule has 3 aliphatic rings. The number of ketones is 1. The van der Waals surface area contributed by atoms with Gasteiger partial charge in [0.2, 0.25) is 0 Å². The number of aliphatic hydroxyl groups excluding tert-OH is 1. The Morgan fingerprint density at radius 3 is 2.85 bits per heavy atom. The third kappa shape index (κ3) is 3.68. The fraction of sp³-hybridized carbons (Fsp3) is 0.619. The smallest absolute Gasteiger partial charge is 0.260 e. The number of Topliss-reactive ketones (excluding diaryl/α,β-unsaturated/α-hetero) is 1. The minimum Gasteiger partial charge on any atom is -0.486 e. The van der Waals surface area contributed by atoms with Crippen molar-refractivity contribution in [3.63, 3.8) is 0 Å². The van der Waals surface area contributed by atoms with Gasteiger partial charge in [-0.1, -0.05) is 6.42 Å². The summed E-state index contributed by atoms with van der Waals surface area (Å²) in [5.41, 5.74) is 0.241. The molecule has 1 saturated heterocycles. The van der Waals surface area contributed by atoms with Gasteiger partial charge in [0.1, 0.15) is 17.1 Å². The molecule has 4 rings (SSSR count). The first kappa shape index (κ1) is 18.3. The van der Waals surface area contributed by atoms with Crippen LogP contribution in [-0.2, 0) is 4.79 Å². The van der Waals surface area contributed by atoms with Crippen molar-refractivity contribution in [3.05, 3.63) is 23.8 Å². The van der Waals surface area contributed by atoms with Gasteiger partial charge in [-0.25, -0.2) is 0 Å². The Morgan fingerprint density at radius 1 is 1.26 bits per heavy atom. The number of fused-ring (bicyclic) bond motifs is 1. The number of rotatable bonds is 4. The number of aliphatic hydroxyl groups is 1. The van der Waals surface area contributed by atoms with Crippen LogP contribution < -0.4 is 9.47 Å². The van der Waals surface area contributed by atoms with Crippen LogP contribution in [0.15, 0.2) is 18.2 Å². The average Bonchev–Trinajstić information content (AvgIpc) is 3.15. The molecule has 1 atom stereocenters. The number of likely N-dealkylation sites (tertiary alicyclic amines) is 1. The van der Waals surface area contributed by atoms with E-state index in [0.29, 0.717) is 30.0 Å². The van der Waals surface area contributed by atoms with Crippen LogP contribution in [0.25, 0.3) is 0 Å². The molecular weight excluding hydrogens is 346 g/mol. The standard InChI is InChI=1S/C21H27NO5/c23-13-15-5-4-10-22(15)20(25)14-26-16-6-7-17-18(24)12-21(27-19(17)11-16)8-2-1-3-9-21/h6-7,11,15,23H,1-5,8-10,12-14H2. The Hall–Kier alpha value is -2.08. The highest BCUT2D eigenvalue weighted by Gasteiger charge is 2.41. The number of amides is 1. The number of nitrogens with zero attached hydrogens (tertiary/aromatic N) is 1. The maximum atomic E-state index is 12.6. The van der Waals surface area contributed by atoms with Gasteiger partial charge in [-0.2, -0.15) is 0 Å². The number of hydrogen-bond acceptors (Lipinski definition) is 5. The van der Waals surface area contributed by atoms with Gasteiger partial charge < -0.3 is 19.5 Å². The van der Waals surface area contributed by atoms with Crippen molar-refractivity contribution in [1.82, 2.24) is 4.90 Å². The van der Waals surface area contributed by atoms with E-state index >= 15 is 0 Å². The Balaban J connectivity index is 1.44. The third-order valence-electron chi connectivity index (χ3n) is 6.10. The van der Waals surface area contributed by atoms with E-state index in [9.17, 15) is 14.7 Å². The molecule has 1 aromatic rings. The molecular formula is C21H27NO5. The molecule has 6 heteroatoms. The van der Waals surface area contributed by atoms with Gasteiger partial charge in [0.15, 0.2) is 12.4 Å². The summed E-state index contributed by atoms with van der Waals surface area (Å²) in [4.78, 5) is 26.6. The predicted octanol–water partition coefficient (Wildman–Crippen LogP) is 2.72. The van der Waals surface area contributed by atoms with Crippen molar-refractivity contribution in [2.45, 2.75) is 63.0 Å². The molecule has 2 aliphatic heterocycles. The van der Waals surface area contributed by atoms with Crippen LogP contribution >= 0.6 is 0 Å². The molecule has 0 bridgehead atoms. The Labute approximate surface area is 159 Å². The minimum atomic E-state index is -0.360. The van der Waals surface area contributed by atoms with Crippen LogP contribution in [0.1, 0.15) is 61.7 Å². The van der Waals surface area contributed by atoms with Crippen LogP contribution in [0.2, 0.25) is 0 Å². The van der Waals surface area contributed by atoms with E-state index in [2.05, 4.69) is 0 Å². The maximum absolute atomic E-state index is 12.6. The number of benzene rings is 1. The van der Waals surface area contributed by atoms with Crippen molar-refractivity contribution >= 4 is 11.7 Å². The van der Waals surface area contributed by atoms with Crippen molar-refractivity contribution in [2.24, 2.45) is 0 Å². The second-order valence-electron chi connectivity index (χ2n) is 7.96. The summed E-state index contributed by atoms with van der Waals surface area (Å²) in [5, 5.41) is 9.37. The van der Waals surface area contributed by atoms with Crippen LogP contribution in [0, 0.1) is 0 Å². The molecule has 1 spiro atoms. The summed E-state index contributed by atoms with van der Waals surface area (Å²) in [7, 11) is 0. The van der Waals surface area contributed by atoms with E-state index < -0.39 is 0 Å². The Kier molecular flexibility index (Phi) is 5.08. The first-order valence-electron chi connectivity index (χ1n) is 10.00. The molecule has 27 heavy (non-hydrogen) atoms. The molecule has 0 radical (unpaired) electrons. The topological polar surface area (TPSA) is 76.1 Å². The highest BCUT2D eigenvalue weighted by molar-refractivity contribution is 6.00. The SMILES string of the molecule is O=C1CC2(CCCCC2)Oc2cc(OCC(=O)N3CCCC3CO)ccc21. The summed E-state index contributed by atoms with van der Waals surface area (Å²) >= 11 is 0. The van der Waals surface area contributed by atoms with Crippen LogP contribution in [0.4, 0.5) is 0 Å². The van der Waals surface area contributed by atoms with E-state index in [1.165, 1.54) is 6.42 Å². The molecule has 1 N–H and O–H groups in total. The molecule has 0 aromatic heterocycles. The van der Waals surface area contributed by atoms with Crippen molar-refractivity contribution in [3.8, 4) is 11.5 Å². The largest absolute Gasteiger partial charge is 0.486 e. The van der Waals surface area contributed by atoms with E-state index in [4.69, 9.17) is 9.47 Å². The van der Waals surface area contributed by atoms with E-state index in [-0.39, 0.29) is 36.5 Å². The second kappa shape index (κ2) is 7.50. The molecule has 146 valence electrons. The first-order valence-corrected chi connectivity index (χ1v) is 10.00. The summed E-state index contributed by atoms with van der Waals surface area (Å²) in [5.74, 6) is 1.11. The van der Waals surface area contributed by atoms with Crippen LogP contribution in [0.3, 0.4) is 0 Å². The lowest BCUT2D eigenvalue weighted by Crippen LogP contribution is -2.43. The van der Waals surface area contributed by atoms with Gasteiger partial charge >= 0.3 is 0 Å². The zero-order chi connectivity index (χ0) is 18.9. The fourth-order valence-electron chi connectivity index (χ4n) is 4.62. The number of carbonyl (C=O) groups is 2. The zero-order valence-electron chi connectivity index (χ0n) is 15.6. The van der Waals surface area contributed by atoms with Gasteiger partial charge in [0.25, 0.3) is 5.91 Å². The highest BCUT2D eigenvalue weighted by Crippen LogP contribution is 2.42. The van der Waals surface area contributed by atoms with Crippen molar-refractivity contribution in [2.75, 3.05) is 19.8 Å². The van der Waals surface area contributed by atoms with Crippen LogP contribution in [-0.4, -0.2) is 53.1 Å². The summed E-state index contributed by atoms with van der Waals surface area (Å²) < 4.78 is 12.0. The summed E-state index contributed by atoms with van der Waals surface area (Å²) in [6.45, 7) is 0.578. The van der Waals surface area contributed by atoms with Gasteiger partial charge in [-0.15, -0.1) is 0 Å². The lowest BCUT2D eigenvalue weighted by atomic mass is 9.78. The average molecular weight is 373 g/mol. The van der Waals surface area contributed by atoms with Crippen molar-refractivity contribution < 1.29 is 24.2 Å². The van der Waals surface area contributed by atoms with Gasteiger partial charge in [0.05, 0.1) is 24.6 Å². The van der Waals surface area contributed by atoms with E-state index in [1.54, 1.807) is 23.1 Å². The summed E-state index contributed by atoms with van der Waals surface area (Å²) in [6, 6.07) is 5.10. The first-order chi connectivity index (χ1) is 13.1. The Morgan fingerprint density at radius 2 is 2.07 bits per heavy atom. The maximum Gasteiger partial charge on any atom is 0.260 e. The third-order valence-corrected chi connectivity index (χ3v) is 6.10.